The van der Waals surface area contributed by atoms with Gasteiger partial charge in [-0.1, -0.05) is 23.9 Å². The highest BCUT2D eigenvalue weighted by Gasteiger charge is 2.23. The Kier molecular flexibility index (Phi) is 4.95. The Morgan fingerprint density at radius 1 is 1.26 bits per heavy atom. The Bertz CT molecular complexity index is 773. The first-order chi connectivity index (χ1) is 11.3. The smallest absolute Gasteiger partial charge is 0.190 e. The van der Waals surface area contributed by atoms with Gasteiger partial charge in [0.15, 0.2) is 5.16 Å². The minimum atomic E-state index is -0.144. The summed E-state index contributed by atoms with van der Waals surface area (Å²) in [6, 6.07) is 12.8. The SMILES string of the molecule is N#CCC[C@@H](C#N)CSc1nc(NC2CC2)c2ccccc2n1. The molecule has 1 atom stereocenters. The van der Waals surface area contributed by atoms with Crippen LogP contribution in [0.3, 0.4) is 0 Å². The van der Waals surface area contributed by atoms with Gasteiger partial charge in [0.25, 0.3) is 0 Å². The molecule has 0 bridgehead atoms. The molecule has 0 unspecified atom stereocenters. The highest BCUT2D eigenvalue weighted by Crippen LogP contribution is 2.30. The second-order valence-electron chi connectivity index (χ2n) is 5.62. The molecule has 1 aromatic heterocycles. The van der Waals surface area contributed by atoms with Gasteiger partial charge in [-0.2, -0.15) is 10.5 Å². The van der Waals surface area contributed by atoms with Crippen molar-refractivity contribution >= 4 is 28.5 Å². The Labute approximate surface area is 139 Å². The molecular formula is C17H17N5S. The van der Waals surface area contributed by atoms with E-state index in [1.54, 1.807) is 0 Å². The van der Waals surface area contributed by atoms with Crippen LogP contribution in [0.4, 0.5) is 5.82 Å². The maximum absolute atomic E-state index is 9.16. The van der Waals surface area contributed by atoms with E-state index in [2.05, 4.69) is 27.4 Å². The van der Waals surface area contributed by atoms with Crippen molar-refractivity contribution in [3.63, 3.8) is 0 Å². The van der Waals surface area contributed by atoms with Crippen molar-refractivity contribution in [2.45, 2.75) is 36.9 Å². The molecule has 0 spiro atoms. The van der Waals surface area contributed by atoms with Gasteiger partial charge in [0.2, 0.25) is 0 Å². The number of fused-ring (bicyclic) bond motifs is 1. The first kappa shape index (κ1) is 15.6. The fourth-order valence-electron chi connectivity index (χ4n) is 2.25. The van der Waals surface area contributed by atoms with Crippen molar-refractivity contribution in [2.24, 2.45) is 5.92 Å². The van der Waals surface area contributed by atoms with E-state index in [4.69, 9.17) is 10.5 Å². The molecule has 0 aliphatic heterocycles. The molecule has 1 heterocycles. The zero-order valence-corrected chi connectivity index (χ0v) is 13.5. The molecule has 1 fully saturated rings. The van der Waals surface area contributed by atoms with E-state index in [1.807, 2.05) is 24.3 Å². The average molecular weight is 323 g/mol. The third-order valence-electron chi connectivity index (χ3n) is 3.70. The minimum Gasteiger partial charge on any atom is -0.367 e. The molecule has 0 amide bonds. The van der Waals surface area contributed by atoms with E-state index in [0.717, 1.165) is 16.7 Å². The van der Waals surface area contributed by atoms with Crippen molar-refractivity contribution in [3.8, 4) is 12.1 Å². The van der Waals surface area contributed by atoms with Gasteiger partial charge >= 0.3 is 0 Å². The summed E-state index contributed by atoms with van der Waals surface area (Å²) >= 11 is 1.49. The number of nitriles is 2. The molecule has 0 radical (unpaired) electrons. The van der Waals surface area contributed by atoms with Crippen molar-refractivity contribution in [1.29, 1.82) is 10.5 Å². The fourth-order valence-corrected chi connectivity index (χ4v) is 3.16. The van der Waals surface area contributed by atoms with E-state index in [-0.39, 0.29) is 5.92 Å². The Hall–Kier alpha value is -2.31. The topological polar surface area (TPSA) is 85.4 Å². The van der Waals surface area contributed by atoms with Crippen LogP contribution in [0.15, 0.2) is 29.4 Å². The molecule has 6 heteroatoms. The highest BCUT2D eigenvalue weighted by atomic mass is 32.2. The number of nitrogens with zero attached hydrogens (tertiary/aromatic N) is 4. The molecule has 1 aliphatic carbocycles. The van der Waals surface area contributed by atoms with Gasteiger partial charge < -0.3 is 5.32 Å². The first-order valence-electron chi connectivity index (χ1n) is 7.73. The molecule has 116 valence electrons. The van der Waals surface area contributed by atoms with Gasteiger partial charge in [0.05, 0.1) is 23.6 Å². The number of thioether (sulfide) groups is 1. The predicted octanol–water partition coefficient (Wildman–Crippen LogP) is 3.74. The number of rotatable bonds is 7. The third-order valence-corrected chi connectivity index (χ3v) is 4.71. The molecular weight excluding hydrogens is 306 g/mol. The van der Waals surface area contributed by atoms with Crippen molar-refractivity contribution in [2.75, 3.05) is 11.1 Å². The van der Waals surface area contributed by atoms with Crippen LogP contribution in [-0.2, 0) is 0 Å². The van der Waals surface area contributed by atoms with Gasteiger partial charge in [-0.3, -0.25) is 0 Å². The lowest BCUT2D eigenvalue weighted by molar-refractivity contribution is 0.684. The zero-order valence-electron chi connectivity index (χ0n) is 12.7. The Morgan fingerprint density at radius 3 is 2.83 bits per heavy atom. The second-order valence-corrected chi connectivity index (χ2v) is 6.61. The number of hydrogen-bond donors (Lipinski definition) is 1. The van der Waals surface area contributed by atoms with Crippen LogP contribution < -0.4 is 5.32 Å². The zero-order chi connectivity index (χ0) is 16.1. The lowest BCUT2D eigenvalue weighted by Gasteiger charge is -2.11. The van der Waals surface area contributed by atoms with Crippen LogP contribution in [-0.4, -0.2) is 21.8 Å². The van der Waals surface area contributed by atoms with E-state index in [0.29, 0.717) is 29.8 Å². The molecule has 23 heavy (non-hydrogen) atoms. The monoisotopic (exact) mass is 323 g/mol. The van der Waals surface area contributed by atoms with E-state index >= 15 is 0 Å². The van der Waals surface area contributed by atoms with E-state index in [9.17, 15) is 0 Å². The Balaban J connectivity index is 1.77. The lowest BCUT2D eigenvalue weighted by atomic mass is 10.1. The standard InChI is InChI=1S/C17H17N5S/c18-9-3-4-12(10-19)11-23-17-21-15-6-2-1-5-14(15)16(22-17)20-13-7-8-13/h1-2,5-6,12-13H,3-4,7-8,11H2,(H,20,21,22)/t12-/m0/s1. The minimum absolute atomic E-state index is 0.144. The largest absolute Gasteiger partial charge is 0.367 e. The number of hydrogen-bond acceptors (Lipinski definition) is 6. The van der Waals surface area contributed by atoms with Crippen LogP contribution in [0.25, 0.3) is 10.9 Å². The van der Waals surface area contributed by atoms with Crippen LogP contribution in [0.2, 0.25) is 0 Å². The van der Waals surface area contributed by atoms with Crippen LogP contribution in [0, 0.1) is 28.6 Å². The summed E-state index contributed by atoms with van der Waals surface area (Å²) in [5, 5.41) is 23.0. The fraction of sp³-hybridized carbons (Fsp3) is 0.412. The van der Waals surface area contributed by atoms with Gasteiger partial charge in [-0.25, -0.2) is 9.97 Å². The van der Waals surface area contributed by atoms with Crippen molar-refractivity contribution < 1.29 is 0 Å². The first-order valence-corrected chi connectivity index (χ1v) is 8.71. The summed E-state index contributed by atoms with van der Waals surface area (Å²) in [4.78, 5) is 9.22. The molecule has 0 saturated heterocycles. The van der Waals surface area contributed by atoms with Crippen LogP contribution >= 0.6 is 11.8 Å². The number of para-hydroxylation sites is 1. The van der Waals surface area contributed by atoms with Crippen molar-refractivity contribution in [1.82, 2.24) is 9.97 Å². The summed E-state index contributed by atoms with van der Waals surface area (Å²) in [7, 11) is 0. The number of benzene rings is 1. The van der Waals surface area contributed by atoms with Gasteiger partial charge in [-0.05, 0) is 31.4 Å². The maximum Gasteiger partial charge on any atom is 0.190 e. The Morgan fingerprint density at radius 2 is 2.09 bits per heavy atom. The molecule has 5 nitrogen and oxygen atoms in total. The molecule has 1 aromatic carbocycles. The molecule has 2 aromatic rings. The van der Waals surface area contributed by atoms with E-state index in [1.165, 1.54) is 24.6 Å². The molecule has 1 aliphatic rings. The lowest BCUT2D eigenvalue weighted by Crippen LogP contribution is -2.06. The van der Waals surface area contributed by atoms with Gasteiger partial charge in [0.1, 0.15) is 5.82 Å². The van der Waals surface area contributed by atoms with Gasteiger partial charge in [0, 0.05) is 23.6 Å². The summed E-state index contributed by atoms with van der Waals surface area (Å²) in [6.07, 6.45) is 3.38. The molecule has 1 saturated carbocycles. The number of nitrogens with one attached hydrogen (secondary N) is 1. The van der Waals surface area contributed by atoms with Crippen LogP contribution in [0.1, 0.15) is 25.7 Å². The normalized spacial score (nSPS) is 14.9. The molecule has 1 N–H and O–H groups in total. The summed E-state index contributed by atoms with van der Waals surface area (Å²) < 4.78 is 0. The second kappa shape index (κ2) is 7.30. The predicted molar refractivity (Wildman–Crippen MR) is 90.9 cm³/mol. The number of anilines is 1. The maximum atomic E-state index is 9.16. The average Bonchev–Trinajstić information content (AvgIpc) is 3.39. The molecule has 3 rings (SSSR count). The summed E-state index contributed by atoms with van der Waals surface area (Å²) in [5.41, 5.74) is 0.915. The third kappa shape index (κ3) is 4.12. The number of aromatic nitrogens is 2. The van der Waals surface area contributed by atoms with Gasteiger partial charge in [-0.15, -0.1) is 0 Å². The highest BCUT2D eigenvalue weighted by molar-refractivity contribution is 7.99. The summed E-state index contributed by atoms with van der Waals surface area (Å²) in [5.74, 6) is 1.35. The quantitative estimate of drug-likeness (QED) is 0.617. The van der Waals surface area contributed by atoms with E-state index < -0.39 is 0 Å². The summed E-state index contributed by atoms with van der Waals surface area (Å²) in [6.45, 7) is 0. The van der Waals surface area contributed by atoms with Crippen LogP contribution in [0.5, 0.6) is 0 Å². The van der Waals surface area contributed by atoms with Crippen molar-refractivity contribution in [3.05, 3.63) is 24.3 Å².